The van der Waals surface area contributed by atoms with Gasteiger partial charge in [0.2, 0.25) is 0 Å². The summed E-state index contributed by atoms with van der Waals surface area (Å²) in [6.45, 7) is 4.91. The van der Waals surface area contributed by atoms with Gasteiger partial charge in [-0.05, 0) is 61.9 Å². The van der Waals surface area contributed by atoms with E-state index in [9.17, 15) is 4.79 Å². The lowest BCUT2D eigenvalue weighted by Crippen LogP contribution is -2.44. The summed E-state index contributed by atoms with van der Waals surface area (Å²) in [5.41, 5.74) is 4.14. The fourth-order valence-corrected chi connectivity index (χ4v) is 4.07. The maximum Gasteiger partial charge on any atom is 0.254 e. The van der Waals surface area contributed by atoms with Crippen LogP contribution in [0.15, 0.2) is 54.1 Å². The molecule has 1 amide bonds. The Bertz CT molecular complexity index is 870. The molecule has 146 valence electrons. The number of carbonyl (C=O) groups excluding carboxylic acids is 1. The molecule has 4 nitrogen and oxygen atoms in total. The molecule has 28 heavy (non-hydrogen) atoms. The Morgan fingerprint density at radius 3 is 2.39 bits per heavy atom. The number of rotatable bonds is 3. The number of halogens is 1. The van der Waals surface area contributed by atoms with Crippen molar-refractivity contribution in [1.29, 1.82) is 0 Å². The average molecular weight is 396 g/mol. The molecule has 0 atom stereocenters. The van der Waals surface area contributed by atoms with E-state index in [0.717, 1.165) is 62.4 Å². The molecule has 2 aliphatic rings. The Morgan fingerprint density at radius 1 is 0.929 bits per heavy atom. The lowest BCUT2D eigenvalue weighted by Gasteiger charge is -2.35. The van der Waals surface area contributed by atoms with Crippen LogP contribution in [0.25, 0.3) is 6.08 Å². The maximum atomic E-state index is 13.2. The highest BCUT2D eigenvalue weighted by atomic mass is 35.5. The van der Waals surface area contributed by atoms with E-state index < -0.39 is 0 Å². The van der Waals surface area contributed by atoms with Crippen LogP contribution in [0.4, 0.5) is 11.4 Å². The molecule has 0 saturated carbocycles. The van der Waals surface area contributed by atoms with E-state index in [1.54, 1.807) is 0 Å². The van der Waals surface area contributed by atoms with Gasteiger partial charge in [-0.25, -0.2) is 0 Å². The predicted octanol–water partition coefficient (Wildman–Crippen LogP) is 4.30. The number of piperazine rings is 1. The van der Waals surface area contributed by atoms with E-state index in [4.69, 9.17) is 11.6 Å². The van der Waals surface area contributed by atoms with Gasteiger partial charge in [0.25, 0.3) is 5.91 Å². The summed E-state index contributed by atoms with van der Waals surface area (Å²) in [5.74, 6) is 0.0988. The van der Waals surface area contributed by atoms with E-state index in [1.165, 1.54) is 5.69 Å². The second-order valence-electron chi connectivity index (χ2n) is 7.56. The highest BCUT2D eigenvalue weighted by Crippen LogP contribution is 2.29. The zero-order valence-electron chi connectivity index (χ0n) is 16.3. The predicted molar refractivity (Wildman–Crippen MR) is 117 cm³/mol. The smallest absolute Gasteiger partial charge is 0.254 e. The van der Waals surface area contributed by atoms with E-state index in [2.05, 4.69) is 47.2 Å². The number of carbonyl (C=O) groups is 1. The highest BCUT2D eigenvalue weighted by molar-refractivity contribution is 6.30. The van der Waals surface area contributed by atoms with Crippen LogP contribution in [0.2, 0.25) is 5.02 Å². The summed E-state index contributed by atoms with van der Waals surface area (Å²) >= 11 is 6.00. The number of anilines is 2. The molecular formula is C23H26ClN3O. The van der Waals surface area contributed by atoms with Gasteiger partial charge in [0.15, 0.2) is 0 Å². The van der Waals surface area contributed by atoms with Gasteiger partial charge in [-0.2, -0.15) is 0 Å². The summed E-state index contributed by atoms with van der Waals surface area (Å²) in [5, 5.41) is 0.685. The number of nitrogens with zero attached hydrogens (tertiary/aromatic N) is 3. The highest BCUT2D eigenvalue weighted by Gasteiger charge is 2.25. The van der Waals surface area contributed by atoms with Crippen molar-refractivity contribution in [1.82, 2.24) is 4.90 Å². The third-order valence-electron chi connectivity index (χ3n) is 5.60. The SMILES string of the molecule is CN1CCN(c2ccccc2/C=C2\CCCN(c3ccc(Cl)cc3)C2=O)CC1. The first-order valence-corrected chi connectivity index (χ1v) is 10.3. The van der Waals surface area contributed by atoms with Crippen molar-refractivity contribution in [2.75, 3.05) is 49.6 Å². The Kier molecular flexibility index (Phi) is 5.69. The van der Waals surface area contributed by atoms with Crippen LogP contribution in [0.5, 0.6) is 0 Å². The van der Waals surface area contributed by atoms with Crippen molar-refractivity contribution >= 4 is 35.0 Å². The van der Waals surface area contributed by atoms with E-state index >= 15 is 0 Å². The van der Waals surface area contributed by atoms with Crippen molar-refractivity contribution in [3.8, 4) is 0 Å². The zero-order chi connectivity index (χ0) is 19.5. The Balaban J connectivity index is 1.60. The molecule has 0 N–H and O–H groups in total. The minimum Gasteiger partial charge on any atom is -0.368 e. The topological polar surface area (TPSA) is 26.8 Å². The third-order valence-corrected chi connectivity index (χ3v) is 5.85. The molecule has 0 unspecified atom stereocenters. The molecule has 5 heteroatoms. The molecule has 0 bridgehead atoms. The van der Waals surface area contributed by atoms with Crippen molar-refractivity contribution in [2.45, 2.75) is 12.8 Å². The summed E-state index contributed by atoms with van der Waals surface area (Å²) in [6, 6.07) is 15.9. The first kappa shape index (κ1) is 19.0. The van der Waals surface area contributed by atoms with Crippen molar-refractivity contribution in [3.63, 3.8) is 0 Å². The molecule has 2 saturated heterocycles. The van der Waals surface area contributed by atoms with Crippen molar-refractivity contribution < 1.29 is 4.79 Å². The number of hydrogen-bond acceptors (Lipinski definition) is 3. The number of piperidine rings is 1. The van der Waals surface area contributed by atoms with Gasteiger partial charge in [-0.15, -0.1) is 0 Å². The van der Waals surface area contributed by atoms with Crippen LogP contribution >= 0.6 is 11.6 Å². The summed E-state index contributed by atoms with van der Waals surface area (Å²) in [7, 11) is 2.16. The van der Waals surface area contributed by atoms with Gasteiger partial charge in [0, 0.05) is 54.7 Å². The first-order chi connectivity index (χ1) is 13.6. The van der Waals surface area contributed by atoms with Gasteiger partial charge in [0.1, 0.15) is 0 Å². The van der Waals surface area contributed by atoms with Crippen LogP contribution in [-0.2, 0) is 4.79 Å². The second-order valence-corrected chi connectivity index (χ2v) is 7.99. The number of para-hydroxylation sites is 1. The normalized spacial score (nSPS) is 20.1. The molecule has 2 aromatic rings. The minimum absolute atomic E-state index is 0.0988. The lowest BCUT2D eigenvalue weighted by molar-refractivity contribution is -0.115. The molecule has 0 radical (unpaired) electrons. The number of benzene rings is 2. The number of amides is 1. The van der Waals surface area contributed by atoms with Crippen LogP contribution in [0.3, 0.4) is 0 Å². The van der Waals surface area contributed by atoms with Crippen LogP contribution in [0.1, 0.15) is 18.4 Å². The Hall–Kier alpha value is -2.30. The minimum atomic E-state index is 0.0988. The Labute approximate surface area is 172 Å². The van der Waals surface area contributed by atoms with Gasteiger partial charge >= 0.3 is 0 Å². The third kappa shape index (κ3) is 4.08. The van der Waals surface area contributed by atoms with Crippen molar-refractivity contribution in [2.24, 2.45) is 0 Å². The molecule has 2 aliphatic heterocycles. The average Bonchev–Trinajstić information content (AvgIpc) is 2.71. The summed E-state index contributed by atoms with van der Waals surface area (Å²) in [4.78, 5) is 19.8. The van der Waals surface area contributed by atoms with E-state index in [0.29, 0.717) is 5.02 Å². The van der Waals surface area contributed by atoms with E-state index in [-0.39, 0.29) is 5.91 Å². The molecule has 2 aromatic carbocycles. The van der Waals surface area contributed by atoms with Crippen molar-refractivity contribution in [3.05, 3.63) is 64.7 Å². The lowest BCUT2D eigenvalue weighted by atomic mass is 9.99. The molecule has 0 spiro atoms. The summed E-state index contributed by atoms with van der Waals surface area (Å²) < 4.78 is 0. The first-order valence-electron chi connectivity index (χ1n) is 9.92. The number of hydrogen-bond donors (Lipinski definition) is 0. The zero-order valence-corrected chi connectivity index (χ0v) is 17.0. The Morgan fingerprint density at radius 2 is 1.64 bits per heavy atom. The molecule has 2 fully saturated rings. The monoisotopic (exact) mass is 395 g/mol. The maximum absolute atomic E-state index is 13.2. The van der Waals surface area contributed by atoms with Crippen LogP contribution < -0.4 is 9.80 Å². The molecule has 0 aliphatic carbocycles. The number of likely N-dealkylation sites (N-methyl/N-ethyl adjacent to an activating group) is 1. The molecule has 0 aromatic heterocycles. The van der Waals surface area contributed by atoms with Gasteiger partial charge in [-0.3, -0.25) is 4.79 Å². The molecule has 2 heterocycles. The largest absolute Gasteiger partial charge is 0.368 e. The van der Waals surface area contributed by atoms with E-state index in [1.807, 2.05) is 29.2 Å². The van der Waals surface area contributed by atoms with Crippen LogP contribution in [-0.4, -0.2) is 50.6 Å². The summed E-state index contributed by atoms with van der Waals surface area (Å²) in [6.07, 6.45) is 3.88. The van der Waals surface area contributed by atoms with Crippen LogP contribution in [0, 0.1) is 0 Å². The van der Waals surface area contributed by atoms with Gasteiger partial charge in [-0.1, -0.05) is 29.8 Å². The molecular weight excluding hydrogens is 370 g/mol. The second kappa shape index (κ2) is 8.38. The quantitative estimate of drug-likeness (QED) is 0.725. The van der Waals surface area contributed by atoms with Gasteiger partial charge in [0.05, 0.1) is 0 Å². The standard InChI is InChI=1S/C23H26ClN3O/c1-25-13-15-26(16-14-25)22-7-3-2-5-18(22)17-19-6-4-12-27(23(19)28)21-10-8-20(24)9-11-21/h2-3,5,7-11,17H,4,6,12-16H2,1H3/b19-17+. The fraction of sp³-hybridized carbons (Fsp3) is 0.348. The molecule has 4 rings (SSSR count). The van der Waals surface area contributed by atoms with Gasteiger partial charge < -0.3 is 14.7 Å². The fourth-order valence-electron chi connectivity index (χ4n) is 3.94.